The van der Waals surface area contributed by atoms with Gasteiger partial charge in [0.25, 0.3) is 0 Å². The molecule has 0 aliphatic carbocycles. The summed E-state index contributed by atoms with van der Waals surface area (Å²) in [7, 11) is 0. The molecule has 0 unspecified atom stereocenters. The van der Waals surface area contributed by atoms with Gasteiger partial charge in [0.15, 0.2) is 0 Å². The predicted octanol–water partition coefficient (Wildman–Crippen LogP) is 5.28. The monoisotopic (exact) mass is 529 g/mol. The molecule has 0 aromatic carbocycles. The average Bonchev–Trinajstić information content (AvgIpc) is 2.85. The Kier molecular flexibility index (Phi) is 24.3. The summed E-state index contributed by atoms with van der Waals surface area (Å²) in [6.07, 6.45) is 14.5. The Hall–Kier alpha value is -2.00. The molecule has 9 heteroatoms. The predicted molar refractivity (Wildman–Crippen MR) is 143 cm³/mol. The lowest BCUT2D eigenvalue weighted by atomic mass is 10.0. The fourth-order valence-corrected chi connectivity index (χ4v) is 4.02. The highest BCUT2D eigenvalue weighted by molar-refractivity contribution is 5.84. The van der Waals surface area contributed by atoms with Crippen LogP contribution >= 0.6 is 0 Å². The molecule has 216 valence electrons. The van der Waals surface area contributed by atoms with Crippen molar-refractivity contribution >= 4 is 23.6 Å². The number of carboxylic acid groups (broad SMARTS) is 2. The zero-order valence-corrected chi connectivity index (χ0v) is 23.0. The van der Waals surface area contributed by atoms with Gasteiger partial charge in [-0.05, 0) is 32.6 Å². The summed E-state index contributed by atoms with van der Waals surface area (Å²) in [6.45, 7) is 4.05. The van der Waals surface area contributed by atoms with Crippen molar-refractivity contribution < 1.29 is 38.9 Å². The van der Waals surface area contributed by atoms with Crippen molar-refractivity contribution in [3.63, 3.8) is 0 Å². The summed E-state index contributed by atoms with van der Waals surface area (Å²) in [4.78, 5) is 46.1. The highest BCUT2D eigenvalue weighted by Gasteiger charge is 2.20. The van der Waals surface area contributed by atoms with Crippen LogP contribution in [0.15, 0.2) is 0 Å². The molecule has 0 rings (SSSR count). The first-order valence-corrected chi connectivity index (χ1v) is 14.3. The van der Waals surface area contributed by atoms with Crippen LogP contribution < -0.4 is 5.32 Å². The van der Waals surface area contributed by atoms with Gasteiger partial charge in [0.05, 0.1) is 13.2 Å². The van der Waals surface area contributed by atoms with Gasteiger partial charge in [-0.25, -0.2) is 4.79 Å². The number of carboxylic acids is 2. The van der Waals surface area contributed by atoms with Gasteiger partial charge < -0.3 is 25.0 Å². The molecule has 9 nitrogen and oxygen atoms in total. The number of carbonyl (C=O) groups is 4. The Labute approximate surface area is 223 Å². The van der Waals surface area contributed by atoms with Crippen LogP contribution in [0.5, 0.6) is 0 Å². The van der Waals surface area contributed by atoms with E-state index in [1.54, 1.807) is 0 Å². The van der Waals surface area contributed by atoms with Crippen molar-refractivity contribution in [1.82, 2.24) is 5.32 Å². The van der Waals surface area contributed by atoms with Gasteiger partial charge >= 0.3 is 11.9 Å². The summed E-state index contributed by atoms with van der Waals surface area (Å²) in [5, 5.41) is 20.5. The van der Waals surface area contributed by atoms with E-state index < -0.39 is 18.0 Å². The summed E-state index contributed by atoms with van der Waals surface area (Å²) < 4.78 is 10.5. The fourth-order valence-electron chi connectivity index (χ4n) is 4.02. The van der Waals surface area contributed by atoms with E-state index in [1.807, 2.05) is 6.92 Å². The van der Waals surface area contributed by atoms with Crippen LogP contribution in [0.2, 0.25) is 0 Å². The summed E-state index contributed by atoms with van der Waals surface area (Å²) >= 11 is 0. The largest absolute Gasteiger partial charge is 0.481 e. The second-order valence-corrected chi connectivity index (χ2v) is 9.58. The molecule has 0 fully saturated rings. The van der Waals surface area contributed by atoms with Crippen molar-refractivity contribution in [2.24, 2.45) is 0 Å². The Bertz CT molecular complexity index is 611. The lowest BCUT2D eigenvalue weighted by Gasteiger charge is -2.14. The molecule has 1 atom stereocenters. The van der Waals surface area contributed by atoms with E-state index >= 15 is 0 Å². The Balaban J connectivity index is 3.68. The Morgan fingerprint density at radius 3 is 1.65 bits per heavy atom. The standard InChI is InChI=1S/C28H51NO8/c1-2-36-22-23-37-21-15-16-24(30)19-20-25(28(34)35)29-26(31)17-13-11-9-7-5-3-4-6-8-10-12-14-18-27(32)33/h25H,2-23H2,1H3,(H,29,31)(H,32,33)(H,34,35)/t25-/m0/s1. The van der Waals surface area contributed by atoms with Crippen molar-refractivity contribution in [2.45, 2.75) is 129 Å². The second kappa shape index (κ2) is 25.6. The number of amides is 1. The topological polar surface area (TPSA) is 139 Å². The third-order valence-corrected chi connectivity index (χ3v) is 6.21. The van der Waals surface area contributed by atoms with E-state index in [9.17, 15) is 24.3 Å². The van der Waals surface area contributed by atoms with Crippen LogP contribution in [0.25, 0.3) is 0 Å². The normalized spacial score (nSPS) is 11.8. The van der Waals surface area contributed by atoms with E-state index in [-0.39, 0.29) is 31.0 Å². The van der Waals surface area contributed by atoms with E-state index in [4.69, 9.17) is 14.6 Å². The average molecular weight is 530 g/mol. The van der Waals surface area contributed by atoms with Gasteiger partial charge in [-0.2, -0.15) is 0 Å². The van der Waals surface area contributed by atoms with Gasteiger partial charge in [-0.1, -0.05) is 64.2 Å². The van der Waals surface area contributed by atoms with Gasteiger partial charge in [-0.15, -0.1) is 0 Å². The second-order valence-electron chi connectivity index (χ2n) is 9.58. The van der Waals surface area contributed by atoms with Crippen molar-refractivity contribution in [2.75, 3.05) is 26.4 Å². The number of carbonyl (C=O) groups excluding carboxylic acids is 2. The summed E-state index contributed by atoms with van der Waals surface area (Å²) in [6, 6.07) is -1.03. The molecule has 1 amide bonds. The molecule has 0 aliphatic heterocycles. The van der Waals surface area contributed by atoms with Gasteiger partial charge in [0.1, 0.15) is 11.8 Å². The highest BCUT2D eigenvalue weighted by Crippen LogP contribution is 2.13. The van der Waals surface area contributed by atoms with Crippen LogP contribution in [-0.2, 0) is 28.7 Å². The Morgan fingerprint density at radius 2 is 1.14 bits per heavy atom. The minimum absolute atomic E-state index is 0.0235. The first kappa shape index (κ1) is 35.0. The molecule has 0 aliphatic rings. The number of hydrogen-bond acceptors (Lipinski definition) is 6. The van der Waals surface area contributed by atoms with E-state index in [0.717, 1.165) is 44.9 Å². The maximum absolute atomic E-state index is 12.1. The van der Waals surface area contributed by atoms with Crippen molar-refractivity contribution in [3.05, 3.63) is 0 Å². The number of ether oxygens (including phenoxy) is 2. The first-order valence-electron chi connectivity index (χ1n) is 14.3. The van der Waals surface area contributed by atoms with Crippen LogP contribution in [0.1, 0.15) is 122 Å². The number of nitrogens with one attached hydrogen (secondary N) is 1. The third-order valence-electron chi connectivity index (χ3n) is 6.21. The first-order chi connectivity index (χ1) is 17.9. The summed E-state index contributed by atoms with van der Waals surface area (Å²) in [5.41, 5.74) is 0. The fraction of sp³-hybridized carbons (Fsp3) is 0.857. The van der Waals surface area contributed by atoms with Crippen LogP contribution in [-0.4, -0.2) is 66.3 Å². The van der Waals surface area contributed by atoms with Crippen molar-refractivity contribution in [3.8, 4) is 0 Å². The number of hydrogen-bond donors (Lipinski definition) is 3. The molecule has 0 heterocycles. The number of unbranched alkanes of at least 4 members (excludes halogenated alkanes) is 11. The maximum Gasteiger partial charge on any atom is 0.326 e. The quantitative estimate of drug-likeness (QED) is 0.116. The molecular formula is C28H51NO8. The molecule has 0 spiro atoms. The lowest BCUT2D eigenvalue weighted by molar-refractivity contribution is -0.142. The number of Topliss-reactive ketones (excluding diaryl/α,β-unsaturated/α-hetero) is 1. The van der Waals surface area contributed by atoms with E-state index in [1.165, 1.54) is 32.1 Å². The Morgan fingerprint density at radius 1 is 0.622 bits per heavy atom. The molecular weight excluding hydrogens is 478 g/mol. The van der Waals surface area contributed by atoms with Crippen molar-refractivity contribution in [1.29, 1.82) is 0 Å². The molecule has 0 saturated heterocycles. The van der Waals surface area contributed by atoms with E-state index in [0.29, 0.717) is 45.7 Å². The molecule has 0 radical (unpaired) electrons. The maximum atomic E-state index is 12.1. The van der Waals surface area contributed by atoms with Crippen LogP contribution in [0, 0.1) is 0 Å². The molecule has 37 heavy (non-hydrogen) atoms. The lowest BCUT2D eigenvalue weighted by Crippen LogP contribution is -2.41. The van der Waals surface area contributed by atoms with Gasteiger partial charge in [-0.3, -0.25) is 14.4 Å². The smallest absolute Gasteiger partial charge is 0.326 e. The number of aliphatic carboxylic acids is 2. The molecule has 0 bridgehead atoms. The summed E-state index contributed by atoms with van der Waals surface area (Å²) in [5.74, 6) is -2.12. The third kappa shape index (κ3) is 25.4. The molecule has 0 aromatic heterocycles. The minimum atomic E-state index is -1.11. The minimum Gasteiger partial charge on any atom is -0.481 e. The van der Waals surface area contributed by atoms with Gasteiger partial charge in [0, 0.05) is 38.9 Å². The zero-order valence-electron chi connectivity index (χ0n) is 23.0. The van der Waals surface area contributed by atoms with Crippen LogP contribution in [0.4, 0.5) is 0 Å². The number of ketones is 1. The highest BCUT2D eigenvalue weighted by atomic mass is 16.5. The van der Waals surface area contributed by atoms with Crippen LogP contribution in [0.3, 0.4) is 0 Å². The zero-order chi connectivity index (χ0) is 27.6. The SMILES string of the molecule is CCOCCOCCCC(=O)CC[C@H](NC(=O)CCCCCCCCCCCCCCC(=O)O)C(=O)O. The molecule has 0 aromatic rings. The number of rotatable bonds is 28. The molecule has 3 N–H and O–H groups in total. The molecule has 0 saturated carbocycles. The van der Waals surface area contributed by atoms with Gasteiger partial charge in [0.2, 0.25) is 5.91 Å². The van der Waals surface area contributed by atoms with E-state index in [2.05, 4.69) is 5.32 Å².